The van der Waals surface area contributed by atoms with Crippen LogP contribution in [0.5, 0.6) is 11.5 Å². The summed E-state index contributed by atoms with van der Waals surface area (Å²) < 4.78 is 6.69. The van der Waals surface area contributed by atoms with Crippen LogP contribution in [0.1, 0.15) is 48.7 Å². The van der Waals surface area contributed by atoms with E-state index in [0.29, 0.717) is 17.4 Å². The van der Waals surface area contributed by atoms with Crippen LogP contribution in [0.3, 0.4) is 0 Å². The highest BCUT2D eigenvalue weighted by molar-refractivity contribution is 9.10. The average molecular weight is 615 g/mol. The van der Waals surface area contributed by atoms with Crippen LogP contribution >= 0.6 is 15.9 Å². The third-order valence-corrected chi connectivity index (χ3v) is 7.86. The molecule has 0 fully saturated rings. The van der Waals surface area contributed by atoms with Crippen molar-refractivity contribution in [2.75, 3.05) is 16.8 Å². The Morgan fingerprint density at radius 3 is 2.49 bits per heavy atom. The summed E-state index contributed by atoms with van der Waals surface area (Å²) in [6, 6.07) is 28.3. The molecule has 0 bridgehead atoms. The van der Waals surface area contributed by atoms with Gasteiger partial charge in [-0.25, -0.2) is 0 Å². The van der Waals surface area contributed by atoms with E-state index in [1.165, 1.54) is 11.6 Å². The van der Waals surface area contributed by atoms with Crippen molar-refractivity contribution in [1.82, 2.24) is 0 Å². The molecule has 210 valence electrons. The first kappa shape index (κ1) is 28.4. The number of amides is 1. The summed E-state index contributed by atoms with van der Waals surface area (Å²) in [7, 11) is 0. The quantitative estimate of drug-likeness (QED) is 0.174. The fraction of sp³-hybridized carbons (Fsp3) is 0.242. The van der Waals surface area contributed by atoms with Gasteiger partial charge in [0.25, 0.3) is 11.6 Å². The summed E-state index contributed by atoms with van der Waals surface area (Å²) >= 11 is 3.21. The fourth-order valence-corrected chi connectivity index (χ4v) is 5.79. The molecule has 0 aliphatic carbocycles. The normalized spacial score (nSPS) is 14.9. The molecule has 7 nitrogen and oxygen atoms in total. The molecule has 1 amide bonds. The Morgan fingerprint density at radius 1 is 1.02 bits per heavy atom. The van der Waals surface area contributed by atoms with Crippen LogP contribution in [0.2, 0.25) is 0 Å². The lowest BCUT2D eigenvalue weighted by Crippen LogP contribution is -2.33. The summed E-state index contributed by atoms with van der Waals surface area (Å²) in [4.78, 5) is 26.4. The standard InChI is InChI=1S/C33H32BrN3O4/c1-33(2,3)31-22(10-9-15-30(31)41-25-11-5-4-6-12-25)20-24-18-19-36(28-14-8-7-13-27(28)35-24)32(38)23-16-17-26(34)29(21-23)37(39)40/h4-17,21,24,35H,18-20H2,1-3H3. The SMILES string of the molecule is CC(C)(C)c1c(CC2CCN(C(=O)c3ccc(Br)c([N+](=O)[O-])c3)c3ccccc3N2)cccc1Oc1ccccc1. The second kappa shape index (κ2) is 11.7. The number of ether oxygens (including phenoxy) is 1. The number of rotatable bonds is 6. The Bertz CT molecular complexity index is 1580. The van der Waals surface area contributed by atoms with Crippen molar-refractivity contribution >= 4 is 38.9 Å². The maximum Gasteiger partial charge on any atom is 0.284 e. The minimum absolute atomic E-state index is 0.0429. The number of hydrogen-bond donors (Lipinski definition) is 1. The third-order valence-electron chi connectivity index (χ3n) is 7.19. The van der Waals surface area contributed by atoms with Crippen molar-refractivity contribution in [2.24, 2.45) is 0 Å². The Hall–Kier alpha value is -4.17. The van der Waals surface area contributed by atoms with Crippen molar-refractivity contribution < 1.29 is 14.5 Å². The molecule has 0 saturated carbocycles. The number of nitrogens with zero attached hydrogens (tertiary/aromatic N) is 2. The number of carbonyl (C=O) groups is 1. The molecule has 0 radical (unpaired) electrons. The average Bonchev–Trinajstić information content (AvgIpc) is 3.12. The van der Waals surface area contributed by atoms with Crippen LogP contribution in [0.25, 0.3) is 0 Å². The summed E-state index contributed by atoms with van der Waals surface area (Å²) in [6.07, 6.45) is 1.42. The van der Waals surface area contributed by atoms with Gasteiger partial charge in [0.1, 0.15) is 11.5 Å². The highest BCUT2D eigenvalue weighted by Gasteiger charge is 2.29. The predicted octanol–water partition coefficient (Wildman–Crippen LogP) is 8.52. The fourth-order valence-electron chi connectivity index (χ4n) is 5.40. The summed E-state index contributed by atoms with van der Waals surface area (Å²) in [5.41, 5.74) is 3.91. The molecule has 41 heavy (non-hydrogen) atoms. The molecule has 1 atom stereocenters. The first-order valence-corrected chi connectivity index (χ1v) is 14.4. The molecule has 1 unspecified atom stereocenters. The zero-order chi connectivity index (χ0) is 29.1. The molecule has 1 heterocycles. The van der Waals surface area contributed by atoms with E-state index < -0.39 is 4.92 Å². The number of nitrogens with one attached hydrogen (secondary N) is 1. The van der Waals surface area contributed by atoms with Crippen LogP contribution in [-0.2, 0) is 11.8 Å². The Kier molecular flexibility index (Phi) is 8.13. The van der Waals surface area contributed by atoms with Crippen molar-refractivity contribution in [3.05, 3.63) is 122 Å². The first-order valence-electron chi connectivity index (χ1n) is 13.6. The van der Waals surface area contributed by atoms with Gasteiger partial charge in [0, 0.05) is 29.8 Å². The minimum atomic E-state index is -0.489. The Balaban J connectivity index is 1.45. The summed E-state index contributed by atoms with van der Waals surface area (Å²) in [5, 5.41) is 15.2. The van der Waals surface area contributed by atoms with Gasteiger partial charge in [-0.3, -0.25) is 14.9 Å². The van der Waals surface area contributed by atoms with Gasteiger partial charge in [0.15, 0.2) is 0 Å². The molecule has 4 aromatic rings. The Morgan fingerprint density at radius 2 is 1.76 bits per heavy atom. The molecule has 0 aromatic heterocycles. The van der Waals surface area contributed by atoms with Crippen molar-refractivity contribution in [2.45, 2.75) is 45.1 Å². The molecular weight excluding hydrogens is 582 g/mol. The zero-order valence-corrected chi connectivity index (χ0v) is 24.9. The van der Waals surface area contributed by atoms with Crippen LogP contribution in [0.4, 0.5) is 17.1 Å². The van der Waals surface area contributed by atoms with Crippen LogP contribution in [0, 0.1) is 10.1 Å². The van der Waals surface area contributed by atoms with Gasteiger partial charge in [0.2, 0.25) is 0 Å². The van der Waals surface area contributed by atoms with Crippen molar-refractivity contribution in [3.8, 4) is 11.5 Å². The van der Waals surface area contributed by atoms with Gasteiger partial charge in [-0.15, -0.1) is 0 Å². The Labute approximate surface area is 248 Å². The lowest BCUT2D eigenvalue weighted by atomic mass is 9.81. The van der Waals surface area contributed by atoms with Gasteiger partial charge < -0.3 is 15.0 Å². The topological polar surface area (TPSA) is 84.7 Å². The van der Waals surface area contributed by atoms with E-state index in [-0.39, 0.29) is 28.6 Å². The number of anilines is 2. The highest BCUT2D eigenvalue weighted by atomic mass is 79.9. The maximum atomic E-state index is 13.7. The van der Waals surface area contributed by atoms with Gasteiger partial charge in [-0.2, -0.15) is 0 Å². The molecule has 0 saturated heterocycles. The van der Waals surface area contributed by atoms with Gasteiger partial charge in [-0.1, -0.05) is 63.2 Å². The van der Waals surface area contributed by atoms with E-state index >= 15 is 0 Å². The number of fused-ring (bicyclic) bond motifs is 1. The summed E-state index contributed by atoms with van der Waals surface area (Å²) in [5.74, 6) is 1.35. The third kappa shape index (κ3) is 6.28. The molecule has 8 heteroatoms. The lowest BCUT2D eigenvalue weighted by Gasteiger charge is -2.28. The molecule has 1 aliphatic rings. The van der Waals surface area contributed by atoms with Gasteiger partial charge >= 0.3 is 0 Å². The second-order valence-electron chi connectivity index (χ2n) is 11.2. The number of para-hydroxylation sites is 3. The molecule has 1 aliphatic heterocycles. The summed E-state index contributed by atoms with van der Waals surface area (Å²) in [6.45, 7) is 7.04. The number of nitro benzene ring substituents is 1. The maximum absolute atomic E-state index is 13.7. The number of nitro groups is 1. The smallest absolute Gasteiger partial charge is 0.284 e. The molecule has 1 N–H and O–H groups in total. The molecule has 0 spiro atoms. The number of hydrogen-bond acceptors (Lipinski definition) is 5. The van der Waals surface area contributed by atoms with E-state index in [4.69, 9.17) is 4.74 Å². The van der Waals surface area contributed by atoms with Gasteiger partial charge in [0.05, 0.1) is 20.8 Å². The number of halogens is 1. The predicted molar refractivity (Wildman–Crippen MR) is 166 cm³/mol. The largest absolute Gasteiger partial charge is 0.457 e. The van der Waals surface area contributed by atoms with E-state index in [2.05, 4.69) is 48.1 Å². The monoisotopic (exact) mass is 613 g/mol. The number of carbonyl (C=O) groups excluding carboxylic acids is 1. The number of benzene rings is 4. The van der Waals surface area contributed by atoms with Gasteiger partial charge in [-0.05, 0) is 82.2 Å². The second-order valence-corrected chi connectivity index (χ2v) is 12.0. The lowest BCUT2D eigenvalue weighted by molar-refractivity contribution is -0.385. The van der Waals surface area contributed by atoms with Crippen LogP contribution in [0.15, 0.2) is 95.5 Å². The van der Waals surface area contributed by atoms with E-state index in [1.807, 2.05) is 66.7 Å². The van der Waals surface area contributed by atoms with E-state index in [9.17, 15) is 14.9 Å². The molecule has 4 aromatic carbocycles. The highest BCUT2D eigenvalue weighted by Crippen LogP contribution is 2.39. The zero-order valence-electron chi connectivity index (χ0n) is 23.3. The molecular formula is C33H32BrN3O4. The van der Waals surface area contributed by atoms with Crippen molar-refractivity contribution in [3.63, 3.8) is 0 Å². The van der Waals surface area contributed by atoms with Crippen molar-refractivity contribution in [1.29, 1.82) is 0 Å². The van der Waals surface area contributed by atoms with E-state index in [0.717, 1.165) is 34.9 Å². The minimum Gasteiger partial charge on any atom is -0.457 e. The van der Waals surface area contributed by atoms with Crippen LogP contribution < -0.4 is 15.0 Å². The van der Waals surface area contributed by atoms with Crippen LogP contribution in [-0.4, -0.2) is 23.4 Å². The first-order chi connectivity index (χ1) is 19.6. The molecule has 5 rings (SSSR count). The van der Waals surface area contributed by atoms with E-state index in [1.54, 1.807) is 17.0 Å².